The third-order valence-corrected chi connectivity index (χ3v) is 3.66. The lowest BCUT2D eigenvalue weighted by atomic mass is 10.4. The molecule has 0 aromatic heterocycles. The molecule has 1 heterocycles. The first-order valence-corrected chi connectivity index (χ1v) is 8.55. The average molecular weight is 383 g/mol. The molecule has 2 atom stereocenters. The summed E-state index contributed by atoms with van der Waals surface area (Å²) in [5.41, 5.74) is 2.02. The number of nitrogens with zero attached hydrogens (tertiary/aromatic N) is 1. The van der Waals surface area contributed by atoms with E-state index in [1.165, 1.54) is 19.0 Å². The Hall–Kier alpha value is -1.34. The Kier molecular flexibility index (Phi) is 7.96. The van der Waals surface area contributed by atoms with Crippen molar-refractivity contribution in [1.29, 1.82) is 0 Å². The van der Waals surface area contributed by atoms with Gasteiger partial charge in [0.25, 0.3) is 5.91 Å². The average Bonchev–Trinajstić information content (AvgIpc) is 2.86. The van der Waals surface area contributed by atoms with Gasteiger partial charge in [-0.2, -0.15) is 0 Å². The number of ether oxygens (including phenoxy) is 2. The fourth-order valence-corrected chi connectivity index (χ4v) is 2.38. The van der Waals surface area contributed by atoms with Crippen molar-refractivity contribution < 1.29 is 32.3 Å². The number of thiocarbonyl (C=S) groups is 1. The molecule has 24 heavy (non-hydrogen) atoms. The van der Waals surface area contributed by atoms with Crippen LogP contribution in [0.1, 0.15) is 13.8 Å². The minimum Gasteiger partial charge on any atom is -0.348 e. The molecule has 0 bridgehead atoms. The molecule has 12 heteroatoms. The molecule has 1 saturated heterocycles. The van der Waals surface area contributed by atoms with Gasteiger partial charge in [0.1, 0.15) is 12.0 Å². The topological polar surface area (TPSA) is 115 Å². The van der Waals surface area contributed by atoms with Crippen molar-refractivity contribution in [1.82, 2.24) is 15.7 Å². The number of amides is 2. The highest BCUT2D eigenvalue weighted by Crippen LogP contribution is 2.22. The van der Waals surface area contributed by atoms with E-state index in [0.717, 1.165) is 0 Å². The van der Waals surface area contributed by atoms with Gasteiger partial charge in [-0.15, -0.1) is 0 Å². The van der Waals surface area contributed by atoms with Crippen molar-refractivity contribution >= 4 is 40.3 Å². The van der Waals surface area contributed by atoms with Crippen LogP contribution in [0.4, 0.5) is 4.79 Å². The first-order valence-electron chi connectivity index (χ1n) is 6.90. The number of nitrogens with one attached hydrogen (secondary N) is 2. The SMILES string of the molecule is CN(C)C(=O)C(=S)NOC(=O)NCS(=O)OCC1COC(C)(C)O1. The van der Waals surface area contributed by atoms with E-state index in [1.54, 1.807) is 13.8 Å². The van der Waals surface area contributed by atoms with Gasteiger partial charge in [0.05, 0.1) is 13.2 Å². The first-order chi connectivity index (χ1) is 11.1. The third kappa shape index (κ3) is 7.49. The summed E-state index contributed by atoms with van der Waals surface area (Å²) in [5, 5.41) is 2.19. The van der Waals surface area contributed by atoms with E-state index in [9.17, 15) is 13.8 Å². The summed E-state index contributed by atoms with van der Waals surface area (Å²) in [6.07, 6.45) is -1.28. The molecular formula is C12H21N3O7S2. The number of rotatable bonds is 5. The Balaban J connectivity index is 2.17. The molecule has 1 aliphatic rings. The van der Waals surface area contributed by atoms with E-state index in [-0.39, 0.29) is 23.6 Å². The summed E-state index contributed by atoms with van der Waals surface area (Å²) in [6.45, 7) is 3.92. The standard InChI is InChI=1S/C12H21N3O7S2/c1-12(2)19-5-8(21-12)6-20-24(18)7-13-11(17)22-14-9(23)10(16)15(3)4/h8H,5-7H2,1-4H3,(H,13,17)(H,14,23). The van der Waals surface area contributed by atoms with Crippen LogP contribution in [0.5, 0.6) is 0 Å². The summed E-state index contributed by atoms with van der Waals surface area (Å²) in [4.78, 5) is 28.2. The Morgan fingerprint density at radius 1 is 1.42 bits per heavy atom. The zero-order valence-electron chi connectivity index (χ0n) is 13.8. The second kappa shape index (κ2) is 9.22. The zero-order valence-corrected chi connectivity index (χ0v) is 15.5. The van der Waals surface area contributed by atoms with E-state index < -0.39 is 28.9 Å². The van der Waals surface area contributed by atoms with Crippen molar-refractivity contribution in [2.75, 3.05) is 33.2 Å². The Morgan fingerprint density at radius 3 is 2.62 bits per heavy atom. The minimum absolute atomic E-state index is 0.0619. The minimum atomic E-state index is -1.78. The van der Waals surface area contributed by atoms with Gasteiger partial charge < -0.3 is 24.5 Å². The second-order valence-electron chi connectivity index (χ2n) is 5.38. The number of carbonyl (C=O) groups is 2. The molecule has 0 aromatic carbocycles. The Bertz CT molecular complexity index is 513. The lowest BCUT2D eigenvalue weighted by Gasteiger charge is -2.16. The van der Waals surface area contributed by atoms with Crippen LogP contribution in [0.3, 0.4) is 0 Å². The smallest absolute Gasteiger partial charge is 0.348 e. The molecule has 2 unspecified atom stereocenters. The molecule has 0 aliphatic carbocycles. The first kappa shape index (κ1) is 20.7. The summed E-state index contributed by atoms with van der Waals surface area (Å²) >= 11 is 2.94. The summed E-state index contributed by atoms with van der Waals surface area (Å²) in [5.74, 6) is -1.51. The highest BCUT2D eigenvalue weighted by atomic mass is 32.2. The molecule has 0 radical (unpaired) electrons. The van der Waals surface area contributed by atoms with Crippen LogP contribution >= 0.6 is 12.2 Å². The van der Waals surface area contributed by atoms with Crippen molar-refractivity contribution in [2.45, 2.75) is 25.7 Å². The van der Waals surface area contributed by atoms with Crippen molar-refractivity contribution in [3.63, 3.8) is 0 Å². The monoisotopic (exact) mass is 383 g/mol. The summed E-state index contributed by atoms with van der Waals surface area (Å²) < 4.78 is 27.5. The van der Waals surface area contributed by atoms with Gasteiger partial charge in [0.2, 0.25) is 0 Å². The van der Waals surface area contributed by atoms with E-state index in [1.807, 2.05) is 5.48 Å². The molecule has 0 aromatic rings. The fourth-order valence-electron chi connectivity index (χ4n) is 1.53. The van der Waals surface area contributed by atoms with Crippen molar-refractivity contribution in [3.05, 3.63) is 0 Å². The highest BCUT2D eigenvalue weighted by Gasteiger charge is 2.33. The number of hydroxylamine groups is 1. The molecule has 1 fully saturated rings. The maximum Gasteiger partial charge on any atom is 0.432 e. The zero-order chi connectivity index (χ0) is 18.3. The predicted molar refractivity (Wildman–Crippen MR) is 87.9 cm³/mol. The van der Waals surface area contributed by atoms with Gasteiger partial charge in [0, 0.05) is 14.1 Å². The van der Waals surface area contributed by atoms with Gasteiger partial charge in [-0.25, -0.2) is 14.5 Å². The third-order valence-electron chi connectivity index (χ3n) is 2.62. The Labute approximate surface area is 147 Å². The van der Waals surface area contributed by atoms with Gasteiger partial charge in [-0.1, -0.05) is 12.2 Å². The lowest BCUT2D eigenvalue weighted by molar-refractivity contribution is -0.141. The highest BCUT2D eigenvalue weighted by molar-refractivity contribution is 7.82. The number of carbonyl (C=O) groups excluding carboxylic acids is 2. The fraction of sp³-hybridized carbons (Fsp3) is 0.750. The summed E-state index contributed by atoms with van der Waals surface area (Å²) in [6, 6.07) is 0. The molecule has 0 spiro atoms. The van der Waals surface area contributed by atoms with E-state index in [4.69, 9.17) is 25.9 Å². The van der Waals surface area contributed by atoms with Crippen LogP contribution in [-0.4, -0.2) is 71.2 Å². The van der Waals surface area contributed by atoms with Crippen LogP contribution in [0.15, 0.2) is 0 Å². The van der Waals surface area contributed by atoms with Crippen molar-refractivity contribution in [3.8, 4) is 0 Å². The van der Waals surface area contributed by atoms with Gasteiger partial charge >= 0.3 is 6.09 Å². The normalized spacial score (nSPS) is 20.1. The van der Waals surface area contributed by atoms with Gasteiger partial charge in [-0.05, 0) is 13.8 Å². The molecule has 138 valence electrons. The number of likely N-dealkylation sites (N-methyl/N-ethyl adjacent to an activating group) is 1. The maximum atomic E-state index is 11.6. The quantitative estimate of drug-likeness (QED) is 0.475. The van der Waals surface area contributed by atoms with Crippen LogP contribution < -0.4 is 10.8 Å². The summed E-state index contributed by atoms with van der Waals surface area (Å²) in [7, 11) is 2.99. The molecule has 2 N–H and O–H groups in total. The molecule has 1 aliphatic heterocycles. The molecule has 2 amide bonds. The van der Waals surface area contributed by atoms with Gasteiger partial charge in [-0.3, -0.25) is 8.98 Å². The van der Waals surface area contributed by atoms with E-state index in [0.29, 0.717) is 6.61 Å². The Morgan fingerprint density at radius 2 is 2.08 bits per heavy atom. The molecule has 1 rings (SSSR count). The number of hydrogen-bond donors (Lipinski definition) is 2. The molecule has 10 nitrogen and oxygen atoms in total. The van der Waals surface area contributed by atoms with Crippen LogP contribution in [-0.2, 0) is 34.4 Å². The van der Waals surface area contributed by atoms with Crippen LogP contribution in [0, 0.1) is 0 Å². The number of hydrogen-bond acceptors (Lipinski definition) is 8. The molecular weight excluding hydrogens is 362 g/mol. The van der Waals surface area contributed by atoms with Crippen molar-refractivity contribution in [2.24, 2.45) is 0 Å². The van der Waals surface area contributed by atoms with E-state index >= 15 is 0 Å². The van der Waals surface area contributed by atoms with Crippen LogP contribution in [0.2, 0.25) is 0 Å². The lowest BCUT2D eigenvalue weighted by Crippen LogP contribution is -2.41. The second-order valence-corrected chi connectivity index (χ2v) is 6.92. The largest absolute Gasteiger partial charge is 0.432 e. The predicted octanol–water partition coefficient (Wildman–Crippen LogP) is -0.578. The van der Waals surface area contributed by atoms with Gasteiger partial charge in [0.15, 0.2) is 21.9 Å². The molecule has 0 saturated carbocycles. The van der Waals surface area contributed by atoms with Crippen LogP contribution in [0.25, 0.3) is 0 Å². The maximum absolute atomic E-state index is 11.6. The van der Waals surface area contributed by atoms with E-state index in [2.05, 4.69) is 10.2 Å².